The number of carboxylic acids is 2. The smallest absolute Gasteiger partial charge is 0.550 e. The number of pyridine rings is 2. The molecule has 0 saturated heterocycles. The summed E-state index contributed by atoms with van der Waals surface area (Å²) in [7, 11) is 0. The number of nitrogens with zero attached hydrogens (tertiary/aromatic N) is 2. The van der Waals surface area contributed by atoms with Gasteiger partial charge in [-0.25, -0.2) is 17.6 Å². The van der Waals surface area contributed by atoms with Crippen molar-refractivity contribution >= 4 is 83.6 Å². The van der Waals surface area contributed by atoms with Gasteiger partial charge in [0.25, 0.3) is 0 Å². The maximum absolute atomic E-state index is 15.4. The minimum Gasteiger partial charge on any atom is -0.550 e. The molecule has 75 heavy (non-hydrogen) atoms. The summed E-state index contributed by atoms with van der Waals surface area (Å²) in [6, 6.07) is 35.6. The van der Waals surface area contributed by atoms with Gasteiger partial charge in [0.2, 0.25) is 11.5 Å². The molecule has 0 aliphatic heterocycles. The van der Waals surface area contributed by atoms with Crippen LogP contribution in [0.3, 0.4) is 0 Å². The van der Waals surface area contributed by atoms with Crippen LogP contribution in [0.2, 0.25) is 0 Å². The van der Waals surface area contributed by atoms with Crippen molar-refractivity contribution in [2.75, 3.05) is 0 Å². The van der Waals surface area contributed by atoms with Crippen LogP contribution < -0.4 is 29.2 Å². The Morgan fingerprint density at radius 2 is 0.787 bits per heavy atom. The Labute approximate surface area is 456 Å². The van der Waals surface area contributed by atoms with Crippen LogP contribution >= 0.6 is 0 Å². The van der Waals surface area contributed by atoms with Gasteiger partial charge >= 0.3 is 37.7 Å². The molecular formula is C56H44CaF4N2O12. The monoisotopic (exact) mass is 1050 g/mol. The molecule has 14 nitrogen and oxygen atoms in total. The van der Waals surface area contributed by atoms with E-state index in [1.54, 1.807) is 121 Å². The fraction of sp³-hybridized carbons (Fsp3) is 0.143. The van der Waals surface area contributed by atoms with E-state index < -0.39 is 84.0 Å². The van der Waals surface area contributed by atoms with Crippen molar-refractivity contribution in [3.63, 3.8) is 0 Å². The van der Waals surface area contributed by atoms with Gasteiger partial charge in [-0.05, 0) is 60.7 Å². The number of ether oxygens (including phenoxy) is 4. The first-order valence-corrected chi connectivity index (χ1v) is 22.6. The minimum atomic E-state index is -1.44. The summed E-state index contributed by atoms with van der Waals surface area (Å²) in [5.41, 5.74) is 0.168. The molecule has 0 radical (unpaired) electrons. The molecule has 8 aromatic rings. The Morgan fingerprint density at radius 1 is 0.493 bits per heavy atom. The van der Waals surface area contributed by atoms with Gasteiger partial charge < -0.3 is 59.2 Å². The predicted molar refractivity (Wildman–Crippen MR) is 266 cm³/mol. The van der Waals surface area contributed by atoms with Crippen molar-refractivity contribution in [3.05, 3.63) is 192 Å². The number of hydrogen-bond acceptors (Lipinski definition) is 14. The van der Waals surface area contributed by atoms with E-state index in [0.717, 1.165) is 12.1 Å². The fourth-order valence-electron chi connectivity index (χ4n) is 7.25. The van der Waals surface area contributed by atoms with E-state index in [4.69, 9.17) is 18.9 Å². The summed E-state index contributed by atoms with van der Waals surface area (Å²) in [6.07, 6.45) is 1.13. The zero-order valence-corrected chi connectivity index (χ0v) is 41.7. The largest absolute Gasteiger partial charge is 2.00 e. The van der Waals surface area contributed by atoms with Crippen LogP contribution in [0.1, 0.15) is 36.8 Å². The summed E-state index contributed by atoms with van der Waals surface area (Å²) in [4.78, 5) is 29.5. The van der Waals surface area contributed by atoms with E-state index in [1.165, 1.54) is 36.7 Å². The van der Waals surface area contributed by atoms with Gasteiger partial charge in [0, 0.05) is 71.9 Å². The maximum atomic E-state index is 15.4. The van der Waals surface area contributed by atoms with Crippen molar-refractivity contribution in [3.8, 4) is 46.0 Å². The molecule has 0 amide bonds. The third kappa shape index (κ3) is 15.8. The van der Waals surface area contributed by atoms with Gasteiger partial charge in [0.15, 0.2) is 23.3 Å². The molecule has 0 fully saturated rings. The molecule has 2 heterocycles. The van der Waals surface area contributed by atoms with E-state index in [-0.39, 0.29) is 107 Å². The Morgan fingerprint density at radius 3 is 1.08 bits per heavy atom. The van der Waals surface area contributed by atoms with Gasteiger partial charge in [-0.2, -0.15) is 0 Å². The number of aliphatic hydroxyl groups is 4. The molecule has 0 spiro atoms. The number of hydrogen-bond donors (Lipinski definition) is 4. The number of aliphatic hydroxyl groups excluding tert-OH is 4. The second-order valence-electron chi connectivity index (χ2n) is 16.3. The molecule has 380 valence electrons. The topological polar surface area (TPSA) is 224 Å². The number of carbonyl (C=O) groups excluding carboxylic acids is 2. The Hall–Kier alpha value is -7.42. The summed E-state index contributed by atoms with van der Waals surface area (Å²) < 4.78 is 83.8. The summed E-state index contributed by atoms with van der Waals surface area (Å²) in [5.74, 6) is -6.69. The Kier molecular flexibility index (Phi) is 20.6. The number of carbonyl (C=O) groups is 2. The summed E-state index contributed by atoms with van der Waals surface area (Å²) in [6.45, 7) is 0. The molecule has 0 unspecified atom stereocenters. The quantitative estimate of drug-likeness (QED) is 0.0416. The molecule has 2 aromatic heterocycles. The van der Waals surface area contributed by atoms with Crippen molar-refractivity contribution < 1.29 is 76.7 Å². The van der Waals surface area contributed by atoms with E-state index in [1.807, 2.05) is 0 Å². The van der Waals surface area contributed by atoms with E-state index in [0.29, 0.717) is 11.5 Å². The first kappa shape index (κ1) is 56.9. The minimum absolute atomic E-state index is 0. The van der Waals surface area contributed by atoms with E-state index in [2.05, 4.69) is 9.97 Å². The molecule has 8 rings (SSSR count). The van der Waals surface area contributed by atoms with Gasteiger partial charge in [-0.1, -0.05) is 97.1 Å². The SMILES string of the molecule is O=C([O-])C[C@H](O)C[C@H](O)/C=C/c1cnc2c(F)c(Oc3ccccc3)c(F)cc2c1Oc1ccccc1.O=C([O-])C[C@H](O)C[C@H](O)/C=C/c1cnc2c(F)c(Oc3ccccc3)c(F)cc2c1Oc1ccccc1.[Ca+2]. The molecule has 0 saturated carbocycles. The van der Waals surface area contributed by atoms with E-state index in [9.17, 15) is 40.2 Å². The maximum Gasteiger partial charge on any atom is 2.00 e. The average molecular weight is 1050 g/mol. The van der Waals surface area contributed by atoms with E-state index >= 15 is 17.6 Å². The number of aromatic nitrogens is 2. The summed E-state index contributed by atoms with van der Waals surface area (Å²) in [5, 5.41) is 61.1. The summed E-state index contributed by atoms with van der Waals surface area (Å²) >= 11 is 0. The van der Waals surface area contributed by atoms with Crippen molar-refractivity contribution in [1.29, 1.82) is 0 Å². The van der Waals surface area contributed by atoms with Crippen LogP contribution in [-0.2, 0) is 9.59 Å². The van der Waals surface area contributed by atoms with Crippen molar-refractivity contribution in [2.45, 2.75) is 50.1 Å². The first-order valence-electron chi connectivity index (χ1n) is 22.6. The number of halogens is 4. The number of benzene rings is 6. The van der Waals surface area contributed by atoms with Gasteiger partial charge in [-0.3, -0.25) is 9.97 Å². The van der Waals surface area contributed by atoms with Gasteiger partial charge in [0.05, 0.1) is 24.4 Å². The first-order chi connectivity index (χ1) is 35.6. The number of fused-ring (bicyclic) bond motifs is 2. The van der Waals surface area contributed by atoms with Crippen LogP contribution in [0, 0.1) is 23.3 Å². The Balaban J connectivity index is 0.000000241. The predicted octanol–water partition coefficient (Wildman–Crippen LogP) is 8.34. The van der Waals surface area contributed by atoms with Gasteiger partial charge in [0.1, 0.15) is 45.5 Å². The van der Waals surface area contributed by atoms with Crippen molar-refractivity contribution in [2.24, 2.45) is 0 Å². The van der Waals surface area contributed by atoms with Crippen LogP contribution in [0.25, 0.3) is 34.0 Å². The molecule has 19 heteroatoms. The zero-order chi connectivity index (χ0) is 52.7. The second-order valence-corrected chi connectivity index (χ2v) is 16.3. The van der Waals surface area contributed by atoms with Crippen molar-refractivity contribution in [1.82, 2.24) is 9.97 Å². The third-order valence-corrected chi connectivity index (χ3v) is 10.7. The van der Waals surface area contributed by atoms with Crippen LogP contribution in [0.15, 0.2) is 158 Å². The molecule has 0 aliphatic carbocycles. The number of carboxylic acid groups (broad SMARTS) is 2. The van der Waals surface area contributed by atoms with Crippen LogP contribution in [-0.4, -0.2) is 104 Å². The third-order valence-electron chi connectivity index (χ3n) is 10.7. The molecule has 4 N–H and O–H groups in total. The average Bonchev–Trinajstić information content (AvgIpc) is 3.37. The molecular weight excluding hydrogens is 1010 g/mol. The number of para-hydroxylation sites is 4. The molecule has 0 bridgehead atoms. The zero-order valence-electron chi connectivity index (χ0n) is 39.5. The number of rotatable bonds is 20. The molecule has 4 atom stereocenters. The number of aliphatic carboxylic acids is 2. The molecule has 6 aromatic carbocycles. The molecule has 0 aliphatic rings. The Bertz CT molecular complexity index is 3050. The fourth-order valence-corrected chi connectivity index (χ4v) is 7.25. The standard InChI is InChI=1S/2C28H23F2NO6.Ca/c2*29-23-15-22-26(25(30)28(23)37-21-9-5-2-6-10-21)31-16-17(27(22)36-20-7-3-1-4-8-20)11-12-18(32)13-19(33)14-24(34)35;/h2*1-12,15-16,18-19,32-33H,13-14H2,(H,34,35);/q;;+2/p-2/b2*12-11+;/t2*18-,19-;/m11./s1. The van der Waals surface area contributed by atoms with Crippen LogP contribution in [0.5, 0.6) is 46.0 Å². The van der Waals surface area contributed by atoms with Crippen LogP contribution in [0.4, 0.5) is 17.6 Å². The second kappa shape index (κ2) is 27.2. The van der Waals surface area contributed by atoms with Gasteiger partial charge in [-0.15, -0.1) is 0 Å². The normalized spacial score (nSPS) is 12.8.